The zero-order valence-corrected chi connectivity index (χ0v) is 10.9. The fourth-order valence-electron chi connectivity index (χ4n) is 2.38. The van der Waals surface area contributed by atoms with E-state index in [4.69, 9.17) is 16.3 Å². The Labute approximate surface area is 105 Å². The van der Waals surface area contributed by atoms with E-state index in [1.165, 1.54) is 0 Å². The van der Waals surface area contributed by atoms with Gasteiger partial charge in [-0.2, -0.15) is 0 Å². The molecular weight excluding hydrogens is 240 g/mol. The fraction of sp³-hybridized carbons (Fsp3) is 0.462. The summed E-state index contributed by atoms with van der Waals surface area (Å²) in [6, 6.07) is 1.77. The highest BCUT2D eigenvalue weighted by Gasteiger charge is 2.53. The maximum Gasteiger partial charge on any atom is 0.314 e. The van der Waals surface area contributed by atoms with Crippen molar-refractivity contribution in [2.24, 2.45) is 0 Å². The van der Waals surface area contributed by atoms with Crippen LogP contribution in [0.3, 0.4) is 0 Å². The highest BCUT2D eigenvalue weighted by molar-refractivity contribution is 6.31. The number of hydrogen-bond acceptors (Lipinski definition) is 2. The summed E-state index contributed by atoms with van der Waals surface area (Å²) in [5, 5.41) is 9.89. The summed E-state index contributed by atoms with van der Waals surface area (Å²) in [7, 11) is 1.58. The first-order valence-electron chi connectivity index (χ1n) is 5.51. The van der Waals surface area contributed by atoms with Crippen molar-refractivity contribution in [3.05, 3.63) is 27.8 Å². The Hall–Kier alpha value is -1.22. The third-order valence-electron chi connectivity index (χ3n) is 3.59. The molecule has 0 amide bonds. The molecule has 0 atom stereocenters. The number of carboxylic acid groups (broad SMARTS) is 1. The SMILES string of the molecule is COc1c(C)c(Cl)cc(C2(C(=O)O)CC2)c1C. The number of rotatable bonds is 3. The lowest BCUT2D eigenvalue weighted by Gasteiger charge is -2.19. The summed E-state index contributed by atoms with van der Waals surface area (Å²) in [4.78, 5) is 11.3. The van der Waals surface area contributed by atoms with Crippen LogP contribution in [0.5, 0.6) is 5.75 Å². The molecule has 1 saturated carbocycles. The molecule has 0 heterocycles. The summed E-state index contributed by atoms with van der Waals surface area (Å²) in [5.41, 5.74) is 1.79. The second kappa shape index (κ2) is 3.91. The predicted molar refractivity (Wildman–Crippen MR) is 66.0 cm³/mol. The molecule has 4 heteroatoms. The summed E-state index contributed by atoms with van der Waals surface area (Å²) in [6.07, 6.45) is 1.34. The van der Waals surface area contributed by atoms with Crippen molar-refractivity contribution in [1.29, 1.82) is 0 Å². The van der Waals surface area contributed by atoms with Gasteiger partial charge in [0.1, 0.15) is 5.75 Å². The van der Waals surface area contributed by atoms with Crippen molar-refractivity contribution in [2.45, 2.75) is 32.1 Å². The number of carbonyl (C=O) groups is 1. The monoisotopic (exact) mass is 254 g/mol. The Morgan fingerprint density at radius 1 is 1.41 bits per heavy atom. The molecule has 92 valence electrons. The van der Waals surface area contributed by atoms with Crippen LogP contribution in [0, 0.1) is 13.8 Å². The molecule has 0 spiro atoms. The Kier molecular flexibility index (Phi) is 2.82. The molecule has 3 nitrogen and oxygen atoms in total. The molecule has 0 saturated heterocycles. The minimum Gasteiger partial charge on any atom is -0.496 e. The second-order valence-corrected chi connectivity index (χ2v) is 4.98. The van der Waals surface area contributed by atoms with Gasteiger partial charge >= 0.3 is 5.97 Å². The summed E-state index contributed by atoms with van der Waals surface area (Å²) in [5.74, 6) is -0.0809. The average molecular weight is 255 g/mol. The Bertz CT molecular complexity index is 490. The largest absolute Gasteiger partial charge is 0.496 e. The van der Waals surface area contributed by atoms with Crippen molar-refractivity contribution in [1.82, 2.24) is 0 Å². The van der Waals surface area contributed by atoms with Gasteiger partial charge in [0.15, 0.2) is 0 Å². The zero-order chi connectivity index (χ0) is 12.8. The molecule has 0 unspecified atom stereocenters. The standard InChI is InChI=1S/C13H15ClO3/c1-7-9(13(4-5-13)12(15)16)6-10(14)8(2)11(7)17-3/h6H,4-5H2,1-3H3,(H,15,16). The molecule has 2 rings (SSSR count). The topological polar surface area (TPSA) is 46.5 Å². The summed E-state index contributed by atoms with van der Waals surface area (Å²) in [6.45, 7) is 3.76. The van der Waals surface area contributed by atoms with Gasteiger partial charge in [-0.05, 0) is 43.9 Å². The third kappa shape index (κ3) is 1.69. The van der Waals surface area contributed by atoms with Crippen LogP contribution in [-0.2, 0) is 10.2 Å². The highest BCUT2D eigenvalue weighted by atomic mass is 35.5. The summed E-state index contributed by atoms with van der Waals surface area (Å²) >= 11 is 6.14. The van der Waals surface area contributed by atoms with Gasteiger partial charge in [-0.15, -0.1) is 0 Å². The first kappa shape index (κ1) is 12.2. The molecule has 1 fully saturated rings. The van der Waals surface area contributed by atoms with Crippen LogP contribution in [-0.4, -0.2) is 18.2 Å². The molecule has 1 aromatic carbocycles. The number of carboxylic acids is 1. The minimum atomic E-state index is -0.775. The van der Waals surface area contributed by atoms with E-state index in [9.17, 15) is 9.90 Å². The highest BCUT2D eigenvalue weighted by Crippen LogP contribution is 2.52. The Balaban J connectivity index is 2.64. The van der Waals surface area contributed by atoms with E-state index in [1.807, 2.05) is 13.8 Å². The first-order chi connectivity index (χ1) is 7.94. The number of aliphatic carboxylic acids is 1. The molecule has 1 aliphatic carbocycles. The van der Waals surface area contributed by atoms with Crippen LogP contribution in [0.15, 0.2) is 6.07 Å². The van der Waals surface area contributed by atoms with Crippen molar-refractivity contribution in [3.63, 3.8) is 0 Å². The van der Waals surface area contributed by atoms with Gasteiger partial charge in [-0.3, -0.25) is 4.79 Å². The van der Waals surface area contributed by atoms with Crippen molar-refractivity contribution < 1.29 is 14.6 Å². The van der Waals surface area contributed by atoms with E-state index in [2.05, 4.69) is 0 Å². The van der Waals surface area contributed by atoms with Gasteiger partial charge < -0.3 is 9.84 Å². The molecule has 0 aliphatic heterocycles. The number of ether oxygens (including phenoxy) is 1. The lowest BCUT2D eigenvalue weighted by atomic mass is 9.90. The van der Waals surface area contributed by atoms with Gasteiger partial charge in [0.25, 0.3) is 0 Å². The Morgan fingerprint density at radius 2 is 2.00 bits per heavy atom. The lowest BCUT2D eigenvalue weighted by Crippen LogP contribution is -2.21. The fourth-order valence-corrected chi connectivity index (χ4v) is 2.58. The Morgan fingerprint density at radius 3 is 2.41 bits per heavy atom. The van der Waals surface area contributed by atoms with Crippen LogP contribution in [0.2, 0.25) is 5.02 Å². The average Bonchev–Trinajstić information content (AvgIpc) is 3.05. The van der Waals surface area contributed by atoms with Gasteiger partial charge in [-0.25, -0.2) is 0 Å². The molecule has 1 aliphatic rings. The molecule has 1 aromatic rings. The van der Waals surface area contributed by atoms with Gasteiger partial charge in [-0.1, -0.05) is 11.6 Å². The van der Waals surface area contributed by atoms with E-state index in [0.717, 1.165) is 16.7 Å². The molecular formula is C13H15ClO3. The molecule has 0 radical (unpaired) electrons. The second-order valence-electron chi connectivity index (χ2n) is 4.58. The lowest BCUT2D eigenvalue weighted by molar-refractivity contribution is -0.140. The number of hydrogen-bond donors (Lipinski definition) is 1. The van der Waals surface area contributed by atoms with Crippen LogP contribution >= 0.6 is 11.6 Å². The maximum absolute atomic E-state index is 11.3. The van der Waals surface area contributed by atoms with E-state index >= 15 is 0 Å². The third-order valence-corrected chi connectivity index (χ3v) is 3.99. The minimum absolute atomic E-state index is 0.565. The van der Waals surface area contributed by atoms with E-state index in [0.29, 0.717) is 23.6 Å². The van der Waals surface area contributed by atoms with Crippen LogP contribution in [0.25, 0.3) is 0 Å². The molecule has 0 bridgehead atoms. The quantitative estimate of drug-likeness (QED) is 0.902. The predicted octanol–water partition coefficient (Wildman–Crippen LogP) is 3.08. The van der Waals surface area contributed by atoms with Crippen LogP contribution in [0.4, 0.5) is 0 Å². The molecule has 0 aromatic heterocycles. The number of halogens is 1. The normalized spacial score (nSPS) is 16.7. The van der Waals surface area contributed by atoms with Crippen LogP contribution in [0.1, 0.15) is 29.5 Å². The number of benzene rings is 1. The summed E-state index contributed by atoms with van der Waals surface area (Å²) < 4.78 is 5.32. The van der Waals surface area contributed by atoms with Gasteiger partial charge in [0.05, 0.1) is 12.5 Å². The van der Waals surface area contributed by atoms with Crippen molar-refractivity contribution in [3.8, 4) is 5.75 Å². The van der Waals surface area contributed by atoms with Gasteiger partial charge in [0, 0.05) is 10.6 Å². The first-order valence-corrected chi connectivity index (χ1v) is 5.89. The maximum atomic E-state index is 11.3. The smallest absolute Gasteiger partial charge is 0.314 e. The van der Waals surface area contributed by atoms with Gasteiger partial charge in [0.2, 0.25) is 0 Å². The number of methoxy groups -OCH3 is 1. The van der Waals surface area contributed by atoms with Crippen LogP contribution < -0.4 is 4.74 Å². The zero-order valence-electron chi connectivity index (χ0n) is 10.1. The van der Waals surface area contributed by atoms with Crippen molar-refractivity contribution in [2.75, 3.05) is 7.11 Å². The molecule has 1 N–H and O–H groups in total. The van der Waals surface area contributed by atoms with E-state index in [-0.39, 0.29) is 0 Å². The van der Waals surface area contributed by atoms with Crippen molar-refractivity contribution >= 4 is 17.6 Å². The molecule has 17 heavy (non-hydrogen) atoms. The van der Waals surface area contributed by atoms with E-state index < -0.39 is 11.4 Å². The van der Waals surface area contributed by atoms with E-state index in [1.54, 1.807) is 13.2 Å².